The van der Waals surface area contributed by atoms with Crippen molar-refractivity contribution in [3.05, 3.63) is 68.8 Å². The summed E-state index contributed by atoms with van der Waals surface area (Å²) in [5, 5.41) is 0. The van der Waals surface area contributed by atoms with Gasteiger partial charge in [-0.25, -0.2) is 0 Å². The second kappa shape index (κ2) is 5.15. The minimum absolute atomic E-state index is 0.539. The molecule has 0 aliphatic carbocycles. The first kappa shape index (κ1) is 12.8. The topological polar surface area (TPSA) is 3.24 Å². The van der Waals surface area contributed by atoms with Gasteiger partial charge in [0.05, 0.1) is 0 Å². The molecular formula is C18H18IN. The van der Waals surface area contributed by atoms with E-state index in [0.717, 1.165) is 0 Å². The predicted molar refractivity (Wildman–Crippen MR) is 91.0 cm³/mol. The molecule has 2 aliphatic heterocycles. The van der Waals surface area contributed by atoms with Gasteiger partial charge in [0.1, 0.15) is 0 Å². The van der Waals surface area contributed by atoms with Crippen molar-refractivity contribution < 1.29 is 0 Å². The highest BCUT2D eigenvalue weighted by Gasteiger charge is 2.35. The average Bonchev–Trinajstić information content (AvgIpc) is 2.96. The maximum atomic E-state index is 2.69. The molecule has 0 radical (unpaired) electrons. The molecule has 4 rings (SSSR count). The molecule has 1 fully saturated rings. The van der Waals surface area contributed by atoms with Crippen molar-refractivity contribution >= 4 is 22.6 Å². The molecule has 0 saturated carbocycles. The lowest BCUT2D eigenvalue weighted by Gasteiger charge is -2.37. The fourth-order valence-corrected chi connectivity index (χ4v) is 4.20. The fraction of sp³-hybridized carbons (Fsp3) is 0.333. The van der Waals surface area contributed by atoms with Crippen LogP contribution in [-0.4, -0.2) is 18.0 Å². The Morgan fingerprint density at radius 2 is 1.70 bits per heavy atom. The van der Waals surface area contributed by atoms with Crippen molar-refractivity contribution in [3.8, 4) is 0 Å². The van der Waals surface area contributed by atoms with Gasteiger partial charge in [0.25, 0.3) is 0 Å². The van der Waals surface area contributed by atoms with Crippen LogP contribution in [0.5, 0.6) is 0 Å². The zero-order valence-electron chi connectivity index (χ0n) is 11.4. The van der Waals surface area contributed by atoms with Crippen LogP contribution in [0, 0.1) is 3.57 Å². The van der Waals surface area contributed by atoms with Crippen LogP contribution in [0.2, 0.25) is 0 Å². The van der Waals surface area contributed by atoms with Gasteiger partial charge in [0.15, 0.2) is 0 Å². The van der Waals surface area contributed by atoms with Crippen molar-refractivity contribution in [2.45, 2.75) is 24.8 Å². The van der Waals surface area contributed by atoms with Crippen LogP contribution < -0.4 is 0 Å². The van der Waals surface area contributed by atoms with Crippen molar-refractivity contribution in [2.24, 2.45) is 0 Å². The second-order valence-electron chi connectivity index (χ2n) is 5.89. The second-order valence-corrected chi connectivity index (χ2v) is 7.13. The molecule has 1 saturated heterocycles. The van der Waals surface area contributed by atoms with Crippen LogP contribution in [0.15, 0.2) is 48.5 Å². The lowest BCUT2D eigenvalue weighted by Crippen LogP contribution is -2.34. The van der Waals surface area contributed by atoms with Crippen LogP contribution in [0.25, 0.3) is 0 Å². The monoisotopic (exact) mass is 375 g/mol. The van der Waals surface area contributed by atoms with Crippen molar-refractivity contribution in [1.29, 1.82) is 0 Å². The number of benzene rings is 2. The van der Waals surface area contributed by atoms with E-state index in [2.05, 4.69) is 76.0 Å². The third-order valence-corrected chi connectivity index (χ3v) is 5.50. The van der Waals surface area contributed by atoms with Crippen LogP contribution in [0.4, 0.5) is 0 Å². The third-order valence-electron chi connectivity index (χ3n) is 4.78. The normalized spacial score (nSPS) is 25.2. The zero-order valence-corrected chi connectivity index (χ0v) is 13.6. The van der Waals surface area contributed by atoms with Crippen molar-refractivity contribution in [2.75, 3.05) is 13.1 Å². The van der Waals surface area contributed by atoms with E-state index in [9.17, 15) is 0 Å². The Morgan fingerprint density at radius 1 is 0.950 bits per heavy atom. The Morgan fingerprint density at radius 3 is 2.50 bits per heavy atom. The summed E-state index contributed by atoms with van der Waals surface area (Å²) in [4.78, 5) is 2.69. The molecule has 2 heterocycles. The Kier molecular flexibility index (Phi) is 3.31. The van der Waals surface area contributed by atoms with Crippen LogP contribution >= 0.6 is 22.6 Å². The molecule has 1 nitrogen and oxygen atoms in total. The van der Waals surface area contributed by atoms with E-state index in [1.807, 2.05) is 0 Å². The van der Waals surface area contributed by atoms with E-state index in [-0.39, 0.29) is 0 Å². The zero-order chi connectivity index (χ0) is 13.5. The first-order valence-electron chi connectivity index (χ1n) is 7.41. The highest BCUT2D eigenvalue weighted by Crippen LogP contribution is 2.43. The minimum Gasteiger partial charge on any atom is -0.295 e. The number of hydrogen-bond donors (Lipinski definition) is 0. The molecule has 2 aromatic rings. The maximum Gasteiger partial charge on any atom is 0.0351 e. The van der Waals surface area contributed by atoms with Crippen LogP contribution in [0.1, 0.15) is 41.5 Å². The van der Waals surface area contributed by atoms with E-state index >= 15 is 0 Å². The number of fused-ring (bicyclic) bond motifs is 3. The van der Waals surface area contributed by atoms with E-state index in [1.54, 1.807) is 11.1 Å². The lowest BCUT2D eigenvalue weighted by atomic mass is 9.82. The number of rotatable bonds is 1. The lowest BCUT2D eigenvalue weighted by molar-refractivity contribution is 0.230. The van der Waals surface area contributed by atoms with Gasteiger partial charge in [0, 0.05) is 22.1 Å². The van der Waals surface area contributed by atoms with Gasteiger partial charge in [-0.1, -0.05) is 36.4 Å². The Balaban J connectivity index is 1.80. The highest BCUT2D eigenvalue weighted by atomic mass is 127. The molecule has 2 atom stereocenters. The smallest absolute Gasteiger partial charge is 0.0351 e. The summed E-state index contributed by atoms with van der Waals surface area (Å²) in [5.41, 5.74) is 4.58. The van der Waals surface area contributed by atoms with Gasteiger partial charge in [-0.05, 0) is 70.8 Å². The summed E-state index contributed by atoms with van der Waals surface area (Å²) in [5.74, 6) is 0.539. The highest BCUT2D eigenvalue weighted by molar-refractivity contribution is 14.1. The van der Waals surface area contributed by atoms with E-state index in [1.165, 1.54) is 35.1 Å². The summed E-state index contributed by atoms with van der Waals surface area (Å²) in [6, 6.07) is 18.8. The number of hydrogen-bond acceptors (Lipinski definition) is 1. The first-order valence-corrected chi connectivity index (χ1v) is 8.49. The molecule has 0 amide bonds. The fourth-order valence-electron chi connectivity index (χ4n) is 3.84. The standard InChI is InChI=1S/C18H18IN/c19-14-9-7-13(8-10-14)17-12-20-11-3-6-18(20)16-5-2-1-4-15(16)17/h1-2,4-5,7-10,17-18H,3,6,11-12H2/t17-,18+/m1/s1. The van der Waals surface area contributed by atoms with E-state index in [0.29, 0.717) is 12.0 Å². The molecule has 2 heteroatoms. The summed E-state index contributed by atoms with van der Waals surface area (Å²) in [6.45, 7) is 2.45. The van der Waals surface area contributed by atoms with Gasteiger partial charge in [-0.2, -0.15) is 0 Å². The third kappa shape index (κ3) is 2.09. The maximum absolute atomic E-state index is 2.69. The molecule has 102 valence electrons. The number of nitrogens with zero attached hydrogens (tertiary/aromatic N) is 1. The van der Waals surface area contributed by atoms with E-state index < -0.39 is 0 Å². The molecule has 0 aromatic heterocycles. The van der Waals surface area contributed by atoms with Crippen molar-refractivity contribution in [1.82, 2.24) is 4.90 Å². The Bertz CT molecular complexity index is 620. The molecule has 2 aromatic carbocycles. The van der Waals surface area contributed by atoms with E-state index in [4.69, 9.17) is 0 Å². The van der Waals surface area contributed by atoms with Gasteiger partial charge < -0.3 is 0 Å². The summed E-state index contributed by atoms with van der Waals surface area (Å²) >= 11 is 2.38. The quantitative estimate of drug-likeness (QED) is 0.660. The molecule has 0 bridgehead atoms. The van der Waals surface area contributed by atoms with Crippen molar-refractivity contribution in [3.63, 3.8) is 0 Å². The average molecular weight is 375 g/mol. The van der Waals surface area contributed by atoms with Crippen LogP contribution in [0.3, 0.4) is 0 Å². The summed E-state index contributed by atoms with van der Waals surface area (Å²) in [6.07, 6.45) is 2.68. The Labute approximate surface area is 134 Å². The van der Waals surface area contributed by atoms with Crippen LogP contribution in [-0.2, 0) is 0 Å². The molecule has 20 heavy (non-hydrogen) atoms. The molecule has 0 N–H and O–H groups in total. The number of halogens is 1. The van der Waals surface area contributed by atoms with Gasteiger partial charge in [-0.15, -0.1) is 0 Å². The van der Waals surface area contributed by atoms with Gasteiger partial charge in [-0.3, -0.25) is 4.90 Å². The minimum atomic E-state index is 0.539. The first-order chi connectivity index (χ1) is 9.83. The molecule has 0 unspecified atom stereocenters. The Hall–Kier alpha value is -0.870. The predicted octanol–water partition coefficient (Wildman–Crippen LogP) is 4.57. The molecule has 2 aliphatic rings. The van der Waals surface area contributed by atoms with Gasteiger partial charge in [0.2, 0.25) is 0 Å². The molecule has 0 spiro atoms. The largest absolute Gasteiger partial charge is 0.295 e. The van der Waals surface area contributed by atoms with Gasteiger partial charge >= 0.3 is 0 Å². The summed E-state index contributed by atoms with van der Waals surface area (Å²) in [7, 11) is 0. The summed E-state index contributed by atoms with van der Waals surface area (Å²) < 4.78 is 1.31. The molecular weight excluding hydrogens is 357 g/mol. The SMILES string of the molecule is Ic1ccc([C@H]2CN3CCC[C@H]3c3ccccc32)cc1.